The second-order valence-corrected chi connectivity index (χ2v) is 5.08. The Kier molecular flexibility index (Phi) is 4.53. The summed E-state index contributed by atoms with van der Waals surface area (Å²) in [5.74, 6) is -0.166. The molecule has 2 heterocycles. The van der Waals surface area contributed by atoms with Gasteiger partial charge in [-0.25, -0.2) is 0 Å². The average Bonchev–Trinajstić information content (AvgIpc) is 2.99. The summed E-state index contributed by atoms with van der Waals surface area (Å²) in [5, 5.41) is 5.13. The van der Waals surface area contributed by atoms with Crippen LogP contribution in [0.5, 0.6) is 0 Å². The Bertz CT molecular complexity index is 353. The van der Waals surface area contributed by atoms with Crippen LogP contribution in [-0.4, -0.2) is 38.4 Å². The number of hydrogen-bond acceptors (Lipinski definition) is 5. The van der Waals surface area contributed by atoms with Gasteiger partial charge in [-0.2, -0.15) is 0 Å². The van der Waals surface area contributed by atoms with Crippen LogP contribution in [0.4, 0.5) is 0 Å². The molecule has 1 aliphatic rings. The average molecular weight is 255 g/mol. The zero-order valence-electron chi connectivity index (χ0n) is 9.85. The molecule has 5 heteroatoms. The molecule has 2 atom stereocenters. The Morgan fingerprint density at radius 1 is 1.65 bits per heavy atom. The number of hydrogen-bond donors (Lipinski definition) is 1. The van der Waals surface area contributed by atoms with Crippen molar-refractivity contribution in [2.75, 3.05) is 20.3 Å². The van der Waals surface area contributed by atoms with E-state index < -0.39 is 0 Å². The van der Waals surface area contributed by atoms with Crippen molar-refractivity contribution in [2.45, 2.75) is 25.0 Å². The summed E-state index contributed by atoms with van der Waals surface area (Å²) in [7, 11) is 1.66. The Balaban J connectivity index is 1.67. The van der Waals surface area contributed by atoms with Gasteiger partial charge in [0.05, 0.1) is 12.7 Å². The van der Waals surface area contributed by atoms with E-state index in [4.69, 9.17) is 9.47 Å². The molecule has 2 unspecified atom stereocenters. The smallest absolute Gasteiger partial charge is 0.323 e. The van der Waals surface area contributed by atoms with E-state index in [2.05, 4.69) is 5.32 Å². The molecular weight excluding hydrogens is 238 g/mol. The summed E-state index contributed by atoms with van der Waals surface area (Å²) in [6.07, 6.45) is 1.63. The van der Waals surface area contributed by atoms with Gasteiger partial charge in [0.1, 0.15) is 6.04 Å². The molecule has 1 aromatic heterocycles. The second-order valence-electron chi connectivity index (χ2n) is 4.05. The summed E-state index contributed by atoms with van der Waals surface area (Å²) in [4.78, 5) is 12.9. The van der Waals surface area contributed by atoms with Crippen LogP contribution >= 0.6 is 11.3 Å². The third-order valence-corrected chi connectivity index (χ3v) is 3.82. The third-order valence-electron chi connectivity index (χ3n) is 2.88. The fourth-order valence-electron chi connectivity index (χ4n) is 1.87. The first-order valence-electron chi connectivity index (χ1n) is 5.75. The minimum atomic E-state index is -0.205. The standard InChI is InChI=1S/C12H17NO3S/c1-15-9-7-11(13-8-9)12(14)16-5-4-10-3-2-6-17-10/h2-3,6,9,11,13H,4-5,7-8H2,1H3. The van der Waals surface area contributed by atoms with Crippen molar-refractivity contribution >= 4 is 17.3 Å². The van der Waals surface area contributed by atoms with Gasteiger partial charge in [-0.3, -0.25) is 4.79 Å². The molecule has 0 bridgehead atoms. The first-order chi connectivity index (χ1) is 8.29. The lowest BCUT2D eigenvalue weighted by Gasteiger charge is -2.10. The molecule has 0 saturated carbocycles. The highest BCUT2D eigenvalue weighted by Crippen LogP contribution is 2.12. The molecule has 1 N–H and O–H groups in total. The first kappa shape index (κ1) is 12.5. The van der Waals surface area contributed by atoms with Gasteiger partial charge in [0.15, 0.2) is 0 Å². The van der Waals surface area contributed by atoms with Gasteiger partial charge in [0.2, 0.25) is 0 Å². The zero-order valence-corrected chi connectivity index (χ0v) is 10.7. The van der Waals surface area contributed by atoms with Crippen molar-refractivity contribution < 1.29 is 14.3 Å². The quantitative estimate of drug-likeness (QED) is 0.803. The molecule has 0 spiro atoms. The van der Waals surface area contributed by atoms with E-state index in [-0.39, 0.29) is 18.1 Å². The molecule has 0 amide bonds. The molecule has 94 valence electrons. The maximum absolute atomic E-state index is 11.7. The lowest BCUT2D eigenvalue weighted by atomic mass is 10.2. The number of esters is 1. The maximum Gasteiger partial charge on any atom is 0.323 e. The van der Waals surface area contributed by atoms with Crippen LogP contribution in [0.3, 0.4) is 0 Å². The van der Waals surface area contributed by atoms with E-state index >= 15 is 0 Å². The number of thiophene rings is 1. The van der Waals surface area contributed by atoms with Gasteiger partial charge in [0.25, 0.3) is 0 Å². The number of carbonyl (C=O) groups excluding carboxylic acids is 1. The highest BCUT2D eigenvalue weighted by molar-refractivity contribution is 7.09. The van der Waals surface area contributed by atoms with Crippen LogP contribution in [0, 0.1) is 0 Å². The predicted molar refractivity (Wildman–Crippen MR) is 66.2 cm³/mol. The third kappa shape index (κ3) is 3.52. The van der Waals surface area contributed by atoms with E-state index in [1.165, 1.54) is 4.88 Å². The molecule has 4 nitrogen and oxygen atoms in total. The first-order valence-corrected chi connectivity index (χ1v) is 6.62. The Labute approximate surface area is 105 Å². The summed E-state index contributed by atoms with van der Waals surface area (Å²) in [6.45, 7) is 1.18. The number of carbonyl (C=O) groups is 1. The Hall–Kier alpha value is -0.910. The van der Waals surface area contributed by atoms with Crippen molar-refractivity contribution in [2.24, 2.45) is 0 Å². The molecule has 0 aliphatic carbocycles. The molecule has 0 aromatic carbocycles. The number of methoxy groups -OCH3 is 1. The van der Waals surface area contributed by atoms with Crippen molar-refractivity contribution in [3.63, 3.8) is 0 Å². The molecule has 1 saturated heterocycles. The molecule has 1 fully saturated rings. The normalized spacial score (nSPS) is 23.8. The monoisotopic (exact) mass is 255 g/mol. The van der Waals surface area contributed by atoms with Gasteiger partial charge in [-0.1, -0.05) is 6.07 Å². The lowest BCUT2D eigenvalue weighted by Crippen LogP contribution is -2.32. The fraction of sp³-hybridized carbons (Fsp3) is 0.583. The minimum absolute atomic E-state index is 0.129. The fourth-order valence-corrected chi connectivity index (χ4v) is 2.56. The summed E-state index contributed by atoms with van der Waals surface area (Å²) < 4.78 is 10.4. The van der Waals surface area contributed by atoms with E-state index in [1.807, 2.05) is 17.5 Å². The summed E-state index contributed by atoms with van der Waals surface area (Å²) in [6, 6.07) is 3.85. The van der Waals surface area contributed by atoms with Crippen LogP contribution < -0.4 is 5.32 Å². The van der Waals surface area contributed by atoms with E-state index in [1.54, 1.807) is 18.4 Å². The van der Waals surface area contributed by atoms with Gasteiger partial charge < -0.3 is 14.8 Å². The van der Waals surface area contributed by atoms with Crippen LogP contribution in [-0.2, 0) is 20.7 Å². The highest BCUT2D eigenvalue weighted by atomic mass is 32.1. The van der Waals surface area contributed by atoms with Gasteiger partial charge in [-0.05, 0) is 11.4 Å². The zero-order chi connectivity index (χ0) is 12.1. The van der Waals surface area contributed by atoms with Crippen LogP contribution in [0.15, 0.2) is 17.5 Å². The van der Waals surface area contributed by atoms with E-state index in [0.29, 0.717) is 13.0 Å². The van der Waals surface area contributed by atoms with Crippen molar-refractivity contribution in [3.05, 3.63) is 22.4 Å². The molecule has 1 aromatic rings. The largest absolute Gasteiger partial charge is 0.464 e. The number of ether oxygens (including phenoxy) is 2. The van der Waals surface area contributed by atoms with Gasteiger partial charge >= 0.3 is 5.97 Å². The van der Waals surface area contributed by atoms with Crippen molar-refractivity contribution in [3.8, 4) is 0 Å². The highest BCUT2D eigenvalue weighted by Gasteiger charge is 2.30. The molecule has 2 rings (SSSR count). The molecule has 1 aliphatic heterocycles. The summed E-state index contributed by atoms with van der Waals surface area (Å²) >= 11 is 1.68. The van der Waals surface area contributed by atoms with Crippen molar-refractivity contribution in [1.82, 2.24) is 5.32 Å². The van der Waals surface area contributed by atoms with Crippen LogP contribution in [0.1, 0.15) is 11.3 Å². The van der Waals surface area contributed by atoms with Crippen LogP contribution in [0.25, 0.3) is 0 Å². The minimum Gasteiger partial charge on any atom is -0.464 e. The van der Waals surface area contributed by atoms with Gasteiger partial charge in [0, 0.05) is 31.4 Å². The SMILES string of the molecule is COC1CNC(C(=O)OCCc2cccs2)C1. The lowest BCUT2D eigenvalue weighted by molar-refractivity contribution is -0.145. The van der Waals surface area contributed by atoms with Crippen molar-refractivity contribution in [1.29, 1.82) is 0 Å². The van der Waals surface area contributed by atoms with Gasteiger partial charge in [-0.15, -0.1) is 11.3 Å². The molecular formula is C12H17NO3S. The second kappa shape index (κ2) is 6.14. The summed E-state index contributed by atoms with van der Waals surface area (Å²) in [5.41, 5.74) is 0. The molecule has 17 heavy (non-hydrogen) atoms. The van der Waals surface area contributed by atoms with Crippen LogP contribution in [0.2, 0.25) is 0 Å². The van der Waals surface area contributed by atoms with E-state index in [9.17, 15) is 4.79 Å². The Morgan fingerprint density at radius 2 is 2.53 bits per heavy atom. The topological polar surface area (TPSA) is 47.6 Å². The maximum atomic E-state index is 11.7. The Morgan fingerprint density at radius 3 is 3.18 bits per heavy atom. The number of rotatable bonds is 5. The molecule has 0 radical (unpaired) electrons. The number of nitrogens with one attached hydrogen (secondary N) is 1. The van der Waals surface area contributed by atoms with E-state index in [0.717, 1.165) is 13.0 Å². The predicted octanol–water partition coefficient (Wildman–Crippen LogP) is 1.21.